The maximum Gasteiger partial charge on any atom is 0.224 e. The molecule has 2 fully saturated rings. The molecule has 0 spiro atoms. The Kier molecular flexibility index (Phi) is 3.07. The summed E-state index contributed by atoms with van der Waals surface area (Å²) in [6.07, 6.45) is 5.35. The number of aryl methyl sites for hydroxylation is 1. The molecule has 5 heteroatoms. The molecule has 3 heterocycles. The summed E-state index contributed by atoms with van der Waals surface area (Å²) in [6, 6.07) is 2.71. The van der Waals surface area contributed by atoms with Gasteiger partial charge in [-0.25, -0.2) is 0 Å². The fourth-order valence-corrected chi connectivity index (χ4v) is 3.37. The van der Waals surface area contributed by atoms with Gasteiger partial charge in [0.2, 0.25) is 5.91 Å². The van der Waals surface area contributed by atoms with Crippen LogP contribution in [0.15, 0.2) is 18.5 Å². The van der Waals surface area contributed by atoms with Gasteiger partial charge in [-0.05, 0) is 25.3 Å². The number of hydrogen-bond acceptors (Lipinski definition) is 3. The van der Waals surface area contributed by atoms with Crippen LogP contribution in [0.3, 0.4) is 0 Å². The van der Waals surface area contributed by atoms with E-state index in [1.54, 1.807) is 6.20 Å². The Morgan fingerprint density at radius 3 is 3.17 bits per heavy atom. The summed E-state index contributed by atoms with van der Waals surface area (Å²) < 4.78 is 1.82. The first-order chi connectivity index (χ1) is 8.75. The molecule has 1 amide bonds. The van der Waals surface area contributed by atoms with Crippen LogP contribution in [-0.4, -0.2) is 45.8 Å². The molecule has 2 aliphatic rings. The molecule has 2 aliphatic heterocycles. The maximum atomic E-state index is 12.4. The third-order valence-corrected chi connectivity index (χ3v) is 4.18. The predicted molar refractivity (Wildman–Crippen MR) is 67.9 cm³/mol. The minimum atomic E-state index is 0.272. The summed E-state index contributed by atoms with van der Waals surface area (Å²) in [6.45, 7) is 4.88. The van der Waals surface area contributed by atoms with E-state index in [1.165, 1.54) is 0 Å². The van der Waals surface area contributed by atoms with E-state index in [2.05, 4.69) is 22.2 Å². The van der Waals surface area contributed by atoms with Gasteiger partial charge in [0.05, 0.1) is 0 Å². The molecular formula is C13H20N4O. The first-order valence-electron chi connectivity index (χ1n) is 6.75. The molecular weight excluding hydrogens is 228 g/mol. The van der Waals surface area contributed by atoms with Crippen LogP contribution >= 0.6 is 0 Å². The first kappa shape index (κ1) is 11.7. The summed E-state index contributed by atoms with van der Waals surface area (Å²) in [5.74, 6) is 0.933. The monoisotopic (exact) mass is 248 g/mol. The molecule has 0 aromatic carbocycles. The SMILES string of the molecule is CC1CC2CNCC2N1C(=O)CCn1cccn1. The van der Waals surface area contributed by atoms with Crippen LogP contribution in [0.4, 0.5) is 0 Å². The summed E-state index contributed by atoms with van der Waals surface area (Å²) in [5.41, 5.74) is 0. The predicted octanol–water partition coefficient (Wildman–Crippen LogP) is 0.482. The van der Waals surface area contributed by atoms with Crippen molar-refractivity contribution < 1.29 is 4.79 Å². The van der Waals surface area contributed by atoms with Crippen molar-refractivity contribution in [3.8, 4) is 0 Å². The number of nitrogens with one attached hydrogen (secondary N) is 1. The Hall–Kier alpha value is -1.36. The lowest BCUT2D eigenvalue weighted by atomic mass is 10.0. The Morgan fingerprint density at radius 2 is 2.39 bits per heavy atom. The van der Waals surface area contributed by atoms with Gasteiger partial charge in [0.15, 0.2) is 0 Å². The zero-order valence-electron chi connectivity index (χ0n) is 10.7. The van der Waals surface area contributed by atoms with Gasteiger partial charge in [-0.3, -0.25) is 9.48 Å². The molecule has 0 bridgehead atoms. The van der Waals surface area contributed by atoms with E-state index in [0.29, 0.717) is 31.0 Å². The van der Waals surface area contributed by atoms with Crippen molar-refractivity contribution in [2.24, 2.45) is 5.92 Å². The molecule has 1 aromatic rings. The molecule has 1 N–H and O–H groups in total. The van der Waals surface area contributed by atoms with Crippen LogP contribution < -0.4 is 5.32 Å². The number of amides is 1. The van der Waals surface area contributed by atoms with Gasteiger partial charge in [0, 0.05) is 50.5 Å². The lowest BCUT2D eigenvalue weighted by Gasteiger charge is -2.27. The molecule has 1 aromatic heterocycles. The van der Waals surface area contributed by atoms with Gasteiger partial charge < -0.3 is 10.2 Å². The second-order valence-corrected chi connectivity index (χ2v) is 5.39. The zero-order chi connectivity index (χ0) is 12.5. The smallest absolute Gasteiger partial charge is 0.224 e. The quantitative estimate of drug-likeness (QED) is 0.846. The fraction of sp³-hybridized carbons (Fsp3) is 0.692. The van der Waals surface area contributed by atoms with E-state index in [-0.39, 0.29) is 5.91 Å². The minimum Gasteiger partial charge on any atom is -0.335 e. The molecule has 0 aliphatic carbocycles. The summed E-state index contributed by atoms with van der Waals surface area (Å²) >= 11 is 0. The topological polar surface area (TPSA) is 50.2 Å². The first-order valence-corrected chi connectivity index (χ1v) is 6.75. The number of fused-ring (bicyclic) bond motifs is 1. The van der Waals surface area contributed by atoms with E-state index in [0.717, 1.165) is 19.5 Å². The standard InChI is InChI=1S/C13H20N4O/c1-10-7-11-8-14-9-12(11)17(10)13(18)3-6-16-5-2-4-15-16/h2,4-5,10-12,14H,3,6-9H2,1H3. The van der Waals surface area contributed by atoms with E-state index >= 15 is 0 Å². The largest absolute Gasteiger partial charge is 0.335 e. The highest BCUT2D eigenvalue weighted by Crippen LogP contribution is 2.32. The number of hydrogen-bond donors (Lipinski definition) is 1. The number of likely N-dealkylation sites (tertiary alicyclic amines) is 1. The Bertz CT molecular complexity index is 417. The van der Waals surface area contributed by atoms with Crippen molar-refractivity contribution in [1.82, 2.24) is 20.0 Å². The molecule has 98 valence electrons. The van der Waals surface area contributed by atoms with Crippen molar-refractivity contribution >= 4 is 5.91 Å². The number of aromatic nitrogens is 2. The van der Waals surface area contributed by atoms with Crippen molar-refractivity contribution in [1.29, 1.82) is 0 Å². The van der Waals surface area contributed by atoms with Crippen molar-refractivity contribution in [3.05, 3.63) is 18.5 Å². The van der Waals surface area contributed by atoms with Gasteiger partial charge in [0.1, 0.15) is 0 Å². The van der Waals surface area contributed by atoms with Crippen LogP contribution in [0.1, 0.15) is 19.8 Å². The van der Waals surface area contributed by atoms with Gasteiger partial charge in [-0.2, -0.15) is 5.10 Å². The van der Waals surface area contributed by atoms with Gasteiger partial charge in [-0.1, -0.05) is 0 Å². The van der Waals surface area contributed by atoms with Crippen molar-refractivity contribution in [3.63, 3.8) is 0 Å². The van der Waals surface area contributed by atoms with Gasteiger partial charge >= 0.3 is 0 Å². The van der Waals surface area contributed by atoms with Gasteiger partial charge in [-0.15, -0.1) is 0 Å². The second kappa shape index (κ2) is 4.72. The summed E-state index contributed by atoms with van der Waals surface area (Å²) in [7, 11) is 0. The fourth-order valence-electron chi connectivity index (χ4n) is 3.37. The van der Waals surface area contributed by atoms with Crippen LogP contribution in [0.25, 0.3) is 0 Å². The van der Waals surface area contributed by atoms with E-state index in [9.17, 15) is 4.79 Å². The Labute approximate surface area is 107 Å². The highest BCUT2D eigenvalue weighted by molar-refractivity contribution is 5.77. The van der Waals surface area contributed by atoms with Crippen LogP contribution in [0.5, 0.6) is 0 Å². The number of nitrogens with zero attached hydrogens (tertiary/aromatic N) is 3. The number of rotatable bonds is 3. The second-order valence-electron chi connectivity index (χ2n) is 5.39. The molecule has 5 nitrogen and oxygen atoms in total. The highest BCUT2D eigenvalue weighted by Gasteiger charge is 2.43. The normalized spacial score (nSPS) is 30.7. The summed E-state index contributed by atoms with van der Waals surface area (Å²) in [5, 5.41) is 7.52. The molecule has 18 heavy (non-hydrogen) atoms. The summed E-state index contributed by atoms with van der Waals surface area (Å²) in [4.78, 5) is 14.5. The van der Waals surface area contributed by atoms with Crippen molar-refractivity contribution in [2.75, 3.05) is 13.1 Å². The lowest BCUT2D eigenvalue weighted by Crippen LogP contribution is -2.43. The average Bonchev–Trinajstić information content (AvgIpc) is 3.01. The zero-order valence-corrected chi connectivity index (χ0v) is 10.7. The van der Waals surface area contributed by atoms with E-state index < -0.39 is 0 Å². The molecule has 0 radical (unpaired) electrons. The average molecular weight is 248 g/mol. The Morgan fingerprint density at radius 1 is 1.50 bits per heavy atom. The van der Waals surface area contributed by atoms with Crippen LogP contribution in [-0.2, 0) is 11.3 Å². The maximum absolute atomic E-state index is 12.4. The van der Waals surface area contributed by atoms with E-state index in [1.807, 2.05) is 16.9 Å². The molecule has 2 saturated heterocycles. The van der Waals surface area contributed by atoms with Crippen LogP contribution in [0, 0.1) is 5.92 Å². The molecule has 0 saturated carbocycles. The van der Waals surface area contributed by atoms with Crippen LogP contribution in [0.2, 0.25) is 0 Å². The Balaban J connectivity index is 1.61. The number of carbonyl (C=O) groups is 1. The van der Waals surface area contributed by atoms with E-state index in [4.69, 9.17) is 0 Å². The molecule has 3 rings (SSSR count). The molecule has 3 unspecified atom stereocenters. The minimum absolute atomic E-state index is 0.272. The molecule has 3 atom stereocenters. The third kappa shape index (κ3) is 2.03. The van der Waals surface area contributed by atoms with Gasteiger partial charge in [0.25, 0.3) is 0 Å². The van der Waals surface area contributed by atoms with Crippen molar-refractivity contribution in [2.45, 2.75) is 38.4 Å². The lowest BCUT2D eigenvalue weighted by molar-refractivity contribution is -0.134. The number of carbonyl (C=O) groups excluding carboxylic acids is 1. The third-order valence-electron chi connectivity index (χ3n) is 4.18. The highest BCUT2D eigenvalue weighted by atomic mass is 16.2.